The summed E-state index contributed by atoms with van der Waals surface area (Å²) in [6.45, 7) is 0.457. The third kappa shape index (κ3) is 3.13. The Hall–Kier alpha value is -1.22. The Morgan fingerprint density at radius 1 is 1.27 bits per heavy atom. The molecule has 0 bridgehead atoms. The SMILES string of the molecule is O=C1CC=C(CSc2ccccc2)CO1. The first-order chi connectivity index (χ1) is 7.34. The van der Waals surface area contributed by atoms with E-state index in [1.54, 1.807) is 11.8 Å². The van der Waals surface area contributed by atoms with Crippen molar-refractivity contribution in [3.8, 4) is 0 Å². The van der Waals surface area contributed by atoms with Crippen molar-refractivity contribution in [1.29, 1.82) is 0 Å². The summed E-state index contributed by atoms with van der Waals surface area (Å²) in [7, 11) is 0. The van der Waals surface area contributed by atoms with E-state index in [0.29, 0.717) is 13.0 Å². The first-order valence-corrected chi connectivity index (χ1v) is 5.84. The van der Waals surface area contributed by atoms with Crippen LogP contribution < -0.4 is 0 Å². The molecule has 1 aromatic rings. The summed E-state index contributed by atoms with van der Waals surface area (Å²) in [4.78, 5) is 12.1. The number of carbonyl (C=O) groups is 1. The zero-order valence-electron chi connectivity index (χ0n) is 8.31. The average molecular weight is 220 g/mol. The Kier molecular flexibility index (Phi) is 3.45. The van der Waals surface area contributed by atoms with Crippen LogP contribution in [0.5, 0.6) is 0 Å². The molecule has 0 N–H and O–H groups in total. The van der Waals surface area contributed by atoms with Crippen LogP contribution in [0.1, 0.15) is 6.42 Å². The van der Waals surface area contributed by atoms with E-state index in [4.69, 9.17) is 4.74 Å². The van der Waals surface area contributed by atoms with Gasteiger partial charge in [-0.2, -0.15) is 0 Å². The Labute approximate surface area is 93.3 Å². The van der Waals surface area contributed by atoms with E-state index in [1.165, 1.54) is 10.5 Å². The molecular formula is C12H12O2S. The van der Waals surface area contributed by atoms with E-state index in [2.05, 4.69) is 12.1 Å². The number of thioether (sulfide) groups is 1. The van der Waals surface area contributed by atoms with Crippen LogP contribution in [0.4, 0.5) is 0 Å². The lowest BCUT2D eigenvalue weighted by molar-refractivity contribution is -0.142. The van der Waals surface area contributed by atoms with Gasteiger partial charge in [-0.05, 0) is 17.7 Å². The average Bonchev–Trinajstić information content (AvgIpc) is 2.30. The number of rotatable bonds is 3. The number of carbonyl (C=O) groups excluding carboxylic acids is 1. The molecule has 0 aliphatic carbocycles. The number of hydrogen-bond acceptors (Lipinski definition) is 3. The lowest BCUT2D eigenvalue weighted by Gasteiger charge is -2.12. The van der Waals surface area contributed by atoms with Crippen LogP contribution >= 0.6 is 11.8 Å². The van der Waals surface area contributed by atoms with E-state index < -0.39 is 0 Å². The number of benzene rings is 1. The van der Waals surface area contributed by atoms with E-state index in [9.17, 15) is 4.79 Å². The normalized spacial score (nSPS) is 15.7. The van der Waals surface area contributed by atoms with Crippen LogP contribution in [0.15, 0.2) is 46.9 Å². The molecule has 2 nitrogen and oxygen atoms in total. The second-order valence-corrected chi connectivity index (χ2v) is 4.38. The van der Waals surface area contributed by atoms with Crippen molar-refractivity contribution < 1.29 is 9.53 Å². The zero-order chi connectivity index (χ0) is 10.5. The standard InChI is InChI=1S/C12H12O2S/c13-12-7-6-10(8-14-12)9-15-11-4-2-1-3-5-11/h1-6H,7-9H2. The van der Waals surface area contributed by atoms with Gasteiger partial charge in [0.15, 0.2) is 0 Å². The van der Waals surface area contributed by atoms with Gasteiger partial charge in [0.25, 0.3) is 0 Å². The van der Waals surface area contributed by atoms with E-state index >= 15 is 0 Å². The summed E-state index contributed by atoms with van der Waals surface area (Å²) < 4.78 is 4.96. The molecule has 2 rings (SSSR count). The summed E-state index contributed by atoms with van der Waals surface area (Å²) in [5.41, 5.74) is 1.20. The zero-order valence-corrected chi connectivity index (χ0v) is 9.13. The molecule has 0 amide bonds. The van der Waals surface area contributed by atoms with Crippen molar-refractivity contribution in [2.24, 2.45) is 0 Å². The number of hydrogen-bond donors (Lipinski definition) is 0. The predicted octanol–water partition coefficient (Wildman–Crippen LogP) is 2.65. The fourth-order valence-corrected chi connectivity index (χ4v) is 2.21. The minimum Gasteiger partial charge on any atom is -0.461 e. The van der Waals surface area contributed by atoms with Crippen LogP contribution in [0.2, 0.25) is 0 Å². The van der Waals surface area contributed by atoms with Gasteiger partial charge in [-0.3, -0.25) is 4.79 Å². The summed E-state index contributed by atoms with van der Waals surface area (Å²) in [6, 6.07) is 10.2. The molecule has 0 atom stereocenters. The monoisotopic (exact) mass is 220 g/mol. The van der Waals surface area contributed by atoms with Crippen LogP contribution in [-0.2, 0) is 9.53 Å². The topological polar surface area (TPSA) is 26.3 Å². The maximum Gasteiger partial charge on any atom is 0.309 e. The van der Waals surface area contributed by atoms with Gasteiger partial charge in [0.1, 0.15) is 6.61 Å². The van der Waals surface area contributed by atoms with Crippen LogP contribution in [0, 0.1) is 0 Å². The van der Waals surface area contributed by atoms with Gasteiger partial charge < -0.3 is 4.74 Å². The van der Waals surface area contributed by atoms with Gasteiger partial charge in [-0.25, -0.2) is 0 Å². The van der Waals surface area contributed by atoms with Gasteiger partial charge in [-0.1, -0.05) is 24.3 Å². The molecule has 0 fully saturated rings. The minimum atomic E-state index is -0.122. The predicted molar refractivity (Wildman–Crippen MR) is 60.8 cm³/mol. The second kappa shape index (κ2) is 5.03. The summed E-state index contributed by atoms with van der Waals surface area (Å²) in [5.74, 6) is 0.778. The van der Waals surface area contributed by atoms with Gasteiger partial charge in [0, 0.05) is 10.6 Å². The molecule has 0 saturated heterocycles. The number of ether oxygens (including phenoxy) is 1. The van der Waals surface area contributed by atoms with Crippen molar-refractivity contribution in [3.63, 3.8) is 0 Å². The first kappa shape index (κ1) is 10.3. The summed E-state index contributed by atoms with van der Waals surface area (Å²) >= 11 is 1.77. The maximum atomic E-state index is 10.8. The number of cyclic esters (lactones) is 1. The van der Waals surface area contributed by atoms with Crippen molar-refractivity contribution >= 4 is 17.7 Å². The molecule has 1 aliphatic rings. The van der Waals surface area contributed by atoms with Crippen LogP contribution in [0.25, 0.3) is 0 Å². The second-order valence-electron chi connectivity index (χ2n) is 3.33. The molecule has 0 spiro atoms. The largest absolute Gasteiger partial charge is 0.461 e. The molecule has 1 aromatic carbocycles. The smallest absolute Gasteiger partial charge is 0.309 e. The van der Waals surface area contributed by atoms with E-state index in [-0.39, 0.29) is 5.97 Å². The molecule has 0 aromatic heterocycles. The molecule has 0 radical (unpaired) electrons. The Morgan fingerprint density at radius 3 is 2.73 bits per heavy atom. The van der Waals surface area contributed by atoms with Crippen molar-refractivity contribution in [2.45, 2.75) is 11.3 Å². The fraction of sp³-hybridized carbons (Fsp3) is 0.250. The van der Waals surface area contributed by atoms with Crippen molar-refractivity contribution in [2.75, 3.05) is 12.4 Å². The molecule has 1 heterocycles. The Bertz CT molecular complexity index is 370. The van der Waals surface area contributed by atoms with Gasteiger partial charge in [0.2, 0.25) is 0 Å². The quantitative estimate of drug-likeness (QED) is 0.445. The summed E-state index contributed by atoms with van der Waals surface area (Å²) in [6.07, 6.45) is 2.40. The maximum absolute atomic E-state index is 10.8. The third-order valence-corrected chi connectivity index (χ3v) is 3.26. The van der Waals surface area contributed by atoms with Crippen LogP contribution in [-0.4, -0.2) is 18.3 Å². The Balaban J connectivity index is 1.86. The first-order valence-electron chi connectivity index (χ1n) is 4.86. The lowest BCUT2D eigenvalue weighted by atomic mass is 10.2. The third-order valence-electron chi connectivity index (χ3n) is 2.14. The highest BCUT2D eigenvalue weighted by molar-refractivity contribution is 7.99. The molecule has 0 saturated carbocycles. The molecule has 78 valence electrons. The van der Waals surface area contributed by atoms with Crippen molar-refractivity contribution in [1.82, 2.24) is 0 Å². The molecule has 1 aliphatic heterocycles. The minimum absolute atomic E-state index is 0.122. The fourth-order valence-electron chi connectivity index (χ4n) is 1.31. The highest BCUT2D eigenvalue weighted by Crippen LogP contribution is 2.21. The van der Waals surface area contributed by atoms with Crippen LogP contribution in [0.3, 0.4) is 0 Å². The van der Waals surface area contributed by atoms with E-state index in [1.807, 2.05) is 24.3 Å². The molecule has 3 heteroatoms. The van der Waals surface area contributed by atoms with Gasteiger partial charge >= 0.3 is 5.97 Å². The molecule has 0 unspecified atom stereocenters. The lowest BCUT2D eigenvalue weighted by Crippen LogP contribution is -2.13. The van der Waals surface area contributed by atoms with E-state index in [0.717, 1.165) is 5.75 Å². The number of esters is 1. The van der Waals surface area contributed by atoms with Crippen molar-refractivity contribution in [3.05, 3.63) is 42.0 Å². The molecular weight excluding hydrogens is 208 g/mol. The molecule has 15 heavy (non-hydrogen) atoms. The van der Waals surface area contributed by atoms with Gasteiger partial charge in [0.05, 0.1) is 6.42 Å². The van der Waals surface area contributed by atoms with Gasteiger partial charge in [-0.15, -0.1) is 11.8 Å². The summed E-state index contributed by atoms with van der Waals surface area (Å²) in [5, 5.41) is 0. The Morgan fingerprint density at radius 2 is 2.07 bits per heavy atom. The highest BCUT2D eigenvalue weighted by atomic mass is 32.2. The highest BCUT2D eigenvalue weighted by Gasteiger charge is 2.10.